The van der Waals surface area contributed by atoms with Crippen molar-refractivity contribution in [2.24, 2.45) is 0 Å². The zero-order valence-corrected chi connectivity index (χ0v) is 8.22. The number of allylic oxidation sites excluding steroid dienone is 2. The fourth-order valence-corrected chi connectivity index (χ4v) is 0.767. The predicted octanol–water partition coefficient (Wildman–Crippen LogP) is 2.69. The van der Waals surface area contributed by atoms with Crippen molar-refractivity contribution in [3.63, 3.8) is 0 Å². The van der Waals surface area contributed by atoms with E-state index in [0.717, 1.165) is 12.8 Å². The summed E-state index contributed by atoms with van der Waals surface area (Å²) in [6.45, 7) is 6.59. The minimum atomic E-state index is -0.0886. The van der Waals surface area contributed by atoms with Gasteiger partial charge in [0.15, 0.2) is 0 Å². The molecule has 12 heavy (non-hydrogen) atoms. The first-order valence-electron chi connectivity index (χ1n) is 4.45. The lowest BCUT2D eigenvalue weighted by Gasteiger charge is -2.00. The van der Waals surface area contributed by atoms with Gasteiger partial charge in [-0.05, 0) is 26.7 Å². The van der Waals surface area contributed by atoms with Crippen molar-refractivity contribution in [1.82, 2.24) is 0 Å². The Morgan fingerprint density at radius 1 is 1.42 bits per heavy atom. The van der Waals surface area contributed by atoms with Gasteiger partial charge in [0.2, 0.25) is 0 Å². The summed E-state index contributed by atoms with van der Waals surface area (Å²) in [6.07, 6.45) is 4.25. The van der Waals surface area contributed by atoms with E-state index < -0.39 is 0 Å². The summed E-state index contributed by atoms with van der Waals surface area (Å²) >= 11 is 0. The fraction of sp³-hybridized carbons (Fsp3) is 0.700. The van der Waals surface area contributed by atoms with Crippen LogP contribution in [0.1, 0.15) is 40.0 Å². The highest BCUT2D eigenvalue weighted by Gasteiger charge is 1.98. The maximum atomic E-state index is 10.9. The van der Waals surface area contributed by atoms with E-state index in [1.54, 1.807) is 0 Å². The van der Waals surface area contributed by atoms with Crippen LogP contribution in [0.4, 0.5) is 0 Å². The van der Waals surface area contributed by atoms with Crippen LogP contribution >= 0.6 is 0 Å². The maximum Gasteiger partial charge on any atom is 0.306 e. The third-order valence-corrected chi connectivity index (χ3v) is 1.37. The summed E-state index contributed by atoms with van der Waals surface area (Å²) in [5.74, 6) is -0.0886. The Balaban J connectivity index is 3.38. The molecular weight excluding hydrogens is 152 g/mol. The molecular formula is C10H18O2. The van der Waals surface area contributed by atoms with Crippen LogP contribution in [0.5, 0.6) is 0 Å². The zero-order chi connectivity index (χ0) is 9.40. The Kier molecular flexibility index (Phi) is 6.44. The van der Waals surface area contributed by atoms with Crippen LogP contribution in [-0.2, 0) is 9.53 Å². The SMILES string of the molecule is CCCOC(=O)CCC=C(C)C. The molecule has 0 fully saturated rings. The first-order chi connectivity index (χ1) is 5.66. The minimum absolute atomic E-state index is 0.0886. The van der Waals surface area contributed by atoms with Crippen molar-refractivity contribution in [3.05, 3.63) is 11.6 Å². The summed E-state index contributed by atoms with van der Waals surface area (Å²) in [7, 11) is 0. The maximum absolute atomic E-state index is 10.9. The molecule has 0 heterocycles. The topological polar surface area (TPSA) is 26.3 Å². The molecule has 2 nitrogen and oxygen atoms in total. The average molecular weight is 170 g/mol. The molecule has 0 rings (SSSR count). The summed E-state index contributed by atoms with van der Waals surface area (Å²) in [6, 6.07) is 0. The standard InChI is InChI=1S/C10H18O2/c1-4-8-12-10(11)7-5-6-9(2)3/h6H,4-5,7-8H2,1-3H3. The van der Waals surface area contributed by atoms with E-state index in [0.29, 0.717) is 13.0 Å². The number of carbonyl (C=O) groups excluding carboxylic acids is 1. The van der Waals surface area contributed by atoms with Gasteiger partial charge in [-0.15, -0.1) is 0 Å². The molecule has 2 heteroatoms. The second-order valence-electron chi connectivity index (χ2n) is 3.04. The van der Waals surface area contributed by atoms with E-state index in [4.69, 9.17) is 4.74 Å². The van der Waals surface area contributed by atoms with Crippen LogP contribution in [0.15, 0.2) is 11.6 Å². The van der Waals surface area contributed by atoms with Gasteiger partial charge in [0.05, 0.1) is 6.61 Å². The van der Waals surface area contributed by atoms with E-state index in [9.17, 15) is 4.79 Å². The highest BCUT2D eigenvalue weighted by molar-refractivity contribution is 5.69. The van der Waals surface area contributed by atoms with E-state index in [-0.39, 0.29) is 5.97 Å². The van der Waals surface area contributed by atoms with Crippen molar-refractivity contribution in [2.45, 2.75) is 40.0 Å². The van der Waals surface area contributed by atoms with Crippen molar-refractivity contribution in [2.75, 3.05) is 6.61 Å². The molecule has 0 saturated heterocycles. The number of ether oxygens (including phenoxy) is 1. The van der Waals surface area contributed by atoms with E-state index in [1.165, 1.54) is 5.57 Å². The lowest BCUT2D eigenvalue weighted by Crippen LogP contribution is -2.04. The van der Waals surface area contributed by atoms with Crippen LogP contribution in [0.2, 0.25) is 0 Å². The lowest BCUT2D eigenvalue weighted by molar-refractivity contribution is -0.143. The molecule has 0 saturated carbocycles. The third-order valence-electron chi connectivity index (χ3n) is 1.37. The molecule has 0 aromatic rings. The van der Waals surface area contributed by atoms with E-state index in [2.05, 4.69) is 0 Å². The van der Waals surface area contributed by atoms with Gasteiger partial charge in [-0.2, -0.15) is 0 Å². The van der Waals surface area contributed by atoms with Crippen LogP contribution in [0.3, 0.4) is 0 Å². The summed E-state index contributed by atoms with van der Waals surface area (Å²) in [5.41, 5.74) is 1.25. The molecule has 0 radical (unpaired) electrons. The van der Waals surface area contributed by atoms with Gasteiger partial charge in [-0.1, -0.05) is 18.6 Å². The number of rotatable bonds is 5. The molecule has 0 amide bonds. The van der Waals surface area contributed by atoms with Gasteiger partial charge in [-0.25, -0.2) is 0 Å². The lowest BCUT2D eigenvalue weighted by atomic mass is 10.2. The average Bonchev–Trinajstić information content (AvgIpc) is 2.00. The molecule has 0 aromatic heterocycles. The van der Waals surface area contributed by atoms with Gasteiger partial charge in [0, 0.05) is 6.42 Å². The van der Waals surface area contributed by atoms with Gasteiger partial charge < -0.3 is 4.74 Å². The van der Waals surface area contributed by atoms with Crippen molar-refractivity contribution in [1.29, 1.82) is 0 Å². The van der Waals surface area contributed by atoms with Gasteiger partial charge in [-0.3, -0.25) is 4.79 Å². The second kappa shape index (κ2) is 6.89. The smallest absolute Gasteiger partial charge is 0.306 e. The van der Waals surface area contributed by atoms with Crippen molar-refractivity contribution in [3.8, 4) is 0 Å². The predicted molar refractivity (Wildman–Crippen MR) is 49.9 cm³/mol. The Morgan fingerprint density at radius 3 is 2.58 bits per heavy atom. The molecule has 0 spiro atoms. The normalized spacial score (nSPS) is 9.25. The van der Waals surface area contributed by atoms with Crippen LogP contribution < -0.4 is 0 Å². The molecule has 0 unspecified atom stereocenters. The summed E-state index contributed by atoms with van der Waals surface area (Å²) in [5, 5.41) is 0. The Labute approximate surface area is 74.6 Å². The monoisotopic (exact) mass is 170 g/mol. The molecule has 0 bridgehead atoms. The summed E-state index contributed by atoms with van der Waals surface area (Å²) < 4.78 is 4.90. The number of esters is 1. The first kappa shape index (κ1) is 11.2. The molecule has 0 N–H and O–H groups in total. The van der Waals surface area contributed by atoms with E-state index >= 15 is 0 Å². The molecule has 70 valence electrons. The first-order valence-corrected chi connectivity index (χ1v) is 4.45. The molecule has 0 aromatic carbocycles. The minimum Gasteiger partial charge on any atom is -0.466 e. The zero-order valence-electron chi connectivity index (χ0n) is 8.22. The summed E-state index contributed by atoms with van der Waals surface area (Å²) in [4.78, 5) is 10.9. The van der Waals surface area contributed by atoms with E-state index in [1.807, 2.05) is 26.8 Å². The molecule has 0 aliphatic rings. The quantitative estimate of drug-likeness (QED) is 0.468. The number of hydrogen-bond donors (Lipinski definition) is 0. The molecule has 0 aliphatic heterocycles. The van der Waals surface area contributed by atoms with Gasteiger partial charge >= 0.3 is 5.97 Å². The van der Waals surface area contributed by atoms with Crippen molar-refractivity contribution < 1.29 is 9.53 Å². The van der Waals surface area contributed by atoms with Crippen LogP contribution in [0.25, 0.3) is 0 Å². The third kappa shape index (κ3) is 7.32. The molecule has 0 aliphatic carbocycles. The number of carbonyl (C=O) groups is 1. The second-order valence-corrected chi connectivity index (χ2v) is 3.04. The highest BCUT2D eigenvalue weighted by Crippen LogP contribution is 1.98. The van der Waals surface area contributed by atoms with Crippen LogP contribution in [0, 0.1) is 0 Å². The Hall–Kier alpha value is -0.790. The fourth-order valence-electron chi connectivity index (χ4n) is 0.767. The molecule has 0 atom stereocenters. The number of hydrogen-bond acceptors (Lipinski definition) is 2. The largest absolute Gasteiger partial charge is 0.466 e. The Bertz CT molecular complexity index is 155. The van der Waals surface area contributed by atoms with Crippen molar-refractivity contribution >= 4 is 5.97 Å². The van der Waals surface area contributed by atoms with Crippen LogP contribution in [-0.4, -0.2) is 12.6 Å². The Morgan fingerprint density at radius 2 is 2.08 bits per heavy atom. The van der Waals surface area contributed by atoms with Gasteiger partial charge in [0.25, 0.3) is 0 Å². The van der Waals surface area contributed by atoms with Gasteiger partial charge in [0.1, 0.15) is 0 Å². The highest BCUT2D eigenvalue weighted by atomic mass is 16.5.